The number of imidazole rings is 1. The molecule has 0 fully saturated rings. The van der Waals surface area contributed by atoms with Crippen molar-refractivity contribution in [3.8, 4) is 0 Å². The molecule has 0 aliphatic carbocycles. The summed E-state index contributed by atoms with van der Waals surface area (Å²) in [6.45, 7) is 9.78. The van der Waals surface area contributed by atoms with Crippen LogP contribution in [0.3, 0.4) is 0 Å². The van der Waals surface area contributed by atoms with Crippen molar-refractivity contribution in [1.29, 1.82) is 0 Å². The number of aromatic nitrogens is 3. The van der Waals surface area contributed by atoms with Crippen LogP contribution in [-0.2, 0) is 19.6 Å². The average molecular weight is 473 g/mol. The topological polar surface area (TPSA) is 94.4 Å². The van der Waals surface area contributed by atoms with Crippen LogP contribution >= 0.6 is 0 Å². The number of likely N-dealkylation sites (N-methyl/N-ethyl adjacent to an activating group) is 1. The minimum atomic E-state index is -3.88. The van der Waals surface area contributed by atoms with Gasteiger partial charge in [0.1, 0.15) is 17.4 Å². The summed E-state index contributed by atoms with van der Waals surface area (Å²) in [6, 6.07) is 7.78. The van der Waals surface area contributed by atoms with E-state index in [0.29, 0.717) is 6.42 Å². The number of aryl methyl sites for hydroxylation is 1. The number of rotatable bonds is 9. The van der Waals surface area contributed by atoms with Gasteiger partial charge >= 0.3 is 5.97 Å². The first kappa shape index (κ1) is 24.9. The summed E-state index contributed by atoms with van der Waals surface area (Å²) >= 11 is 0. The van der Waals surface area contributed by atoms with Crippen LogP contribution in [0.2, 0.25) is 0 Å². The molecule has 2 atom stereocenters. The van der Waals surface area contributed by atoms with Gasteiger partial charge in [0, 0.05) is 13.2 Å². The summed E-state index contributed by atoms with van der Waals surface area (Å²) in [4.78, 5) is 21.3. The minimum Gasteiger partial charge on any atom is -0.465 e. The molecule has 0 saturated carbocycles. The Morgan fingerprint density at radius 1 is 1.15 bits per heavy atom. The molecule has 0 amide bonds. The largest absolute Gasteiger partial charge is 0.465 e. The highest BCUT2D eigenvalue weighted by atomic mass is 32.2. The highest BCUT2D eigenvalue weighted by molar-refractivity contribution is 7.89. The second-order valence-electron chi connectivity index (χ2n) is 8.56. The number of sulfonamides is 1. The van der Waals surface area contributed by atoms with E-state index < -0.39 is 22.0 Å². The van der Waals surface area contributed by atoms with Crippen molar-refractivity contribution < 1.29 is 17.9 Å². The van der Waals surface area contributed by atoms with E-state index in [0.717, 1.165) is 26.7 Å². The summed E-state index contributed by atoms with van der Waals surface area (Å²) in [5.74, 6) is 0.455. The van der Waals surface area contributed by atoms with Gasteiger partial charge in [-0.3, -0.25) is 9.78 Å². The molecule has 2 aromatic heterocycles. The fourth-order valence-corrected chi connectivity index (χ4v) is 5.36. The number of ether oxygens (including phenoxy) is 1. The normalized spacial score (nSPS) is 14.1. The van der Waals surface area contributed by atoms with Gasteiger partial charge in [0.05, 0.1) is 29.3 Å². The lowest BCUT2D eigenvalue weighted by molar-refractivity contribution is -0.147. The van der Waals surface area contributed by atoms with Gasteiger partial charge in [-0.25, -0.2) is 13.4 Å². The highest BCUT2D eigenvalue weighted by Gasteiger charge is 2.34. The van der Waals surface area contributed by atoms with E-state index in [4.69, 9.17) is 4.74 Å². The third-order valence-corrected chi connectivity index (χ3v) is 7.67. The van der Waals surface area contributed by atoms with Crippen LogP contribution in [0.1, 0.15) is 51.5 Å². The van der Waals surface area contributed by atoms with Gasteiger partial charge in [-0.2, -0.15) is 4.31 Å². The number of nitrogens with zero attached hydrogens (tertiary/aromatic N) is 4. The molecule has 0 N–H and O–H groups in total. The molecule has 3 aromatic rings. The van der Waals surface area contributed by atoms with Crippen LogP contribution in [0.5, 0.6) is 0 Å². The monoisotopic (exact) mass is 472 g/mol. The van der Waals surface area contributed by atoms with Crippen LogP contribution in [0.25, 0.3) is 11.0 Å². The van der Waals surface area contributed by atoms with Gasteiger partial charge in [0.15, 0.2) is 0 Å². The third kappa shape index (κ3) is 5.09. The maximum Gasteiger partial charge on any atom is 0.324 e. The Labute approximate surface area is 195 Å². The number of hydrogen-bond acceptors (Lipinski definition) is 6. The lowest BCUT2D eigenvalue weighted by Gasteiger charge is -2.27. The molecule has 1 unspecified atom stereocenters. The van der Waals surface area contributed by atoms with Crippen LogP contribution in [0.15, 0.2) is 47.6 Å². The Morgan fingerprint density at radius 2 is 1.82 bits per heavy atom. The molecule has 1 aromatic carbocycles. The molecule has 178 valence electrons. The van der Waals surface area contributed by atoms with E-state index in [1.807, 2.05) is 33.8 Å². The van der Waals surface area contributed by atoms with Crippen molar-refractivity contribution in [3.05, 3.63) is 54.1 Å². The second-order valence-corrected chi connectivity index (χ2v) is 10.6. The smallest absolute Gasteiger partial charge is 0.324 e. The van der Waals surface area contributed by atoms with Crippen LogP contribution in [0.4, 0.5) is 0 Å². The first-order chi connectivity index (χ1) is 15.6. The number of esters is 1. The van der Waals surface area contributed by atoms with Crippen LogP contribution < -0.4 is 0 Å². The van der Waals surface area contributed by atoms with E-state index in [-0.39, 0.29) is 23.5 Å². The van der Waals surface area contributed by atoms with E-state index >= 15 is 0 Å². The van der Waals surface area contributed by atoms with Gasteiger partial charge in [-0.05, 0) is 56.9 Å². The van der Waals surface area contributed by atoms with Gasteiger partial charge < -0.3 is 9.30 Å². The number of carbonyl (C=O) groups is 1. The SMILES string of the molecule is CCOC(=O)[C@H](CC(C)C)N(C)S(=O)(=O)c1ccc(C(C)n2c(C)nc3cnccc32)cc1. The molecule has 0 spiro atoms. The van der Waals surface area contributed by atoms with Crippen molar-refractivity contribution in [2.45, 2.75) is 58.0 Å². The van der Waals surface area contributed by atoms with E-state index in [2.05, 4.69) is 14.5 Å². The number of benzene rings is 1. The lowest BCUT2D eigenvalue weighted by atomic mass is 10.0. The van der Waals surface area contributed by atoms with Crippen molar-refractivity contribution in [1.82, 2.24) is 18.8 Å². The molecule has 0 aliphatic rings. The summed E-state index contributed by atoms with van der Waals surface area (Å²) in [7, 11) is -2.45. The molecule has 3 rings (SSSR count). The number of carbonyl (C=O) groups excluding carboxylic acids is 1. The first-order valence-electron chi connectivity index (χ1n) is 11.1. The van der Waals surface area contributed by atoms with E-state index in [9.17, 15) is 13.2 Å². The zero-order valence-corrected chi connectivity index (χ0v) is 20.8. The molecule has 33 heavy (non-hydrogen) atoms. The van der Waals surface area contributed by atoms with E-state index in [1.165, 1.54) is 7.05 Å². The Hall–Kier alpha value is -2.78. The molecule has 8 nitrogen and oxygen atoms in total. The van der Waals surface area contributed by atoms with Crippen molar-refractivity contribution >= 4 is 27.0 Å². The molecular formula is C24H32N4O4S. The molecule has 0 aliphatic heterocycles. The Kier molecular flexibility index (Phi) is 7.54. The number of fused-ring (bicyclic) bond motifs is 1. The molecule has 2 heterocycles. The van der Waals surface area contributed by atoms with Crippen molar-refractivity contribution in [2.75, 3.05) is 13.7 Å². The quantitative estimate of drug-likeness (QED) is 0.438. The highest BCUT2D eigenvalue weighted by Crippen LogP contribution is 2.27. The molecule has 0 saturated heterocycles. The zero-order chi connectivity index (χ0) is 24.3. The molecule has 0 bridgehead atoms. The molecule has 9 heteroatoms. The number of hydrogen-bond donors (Lipinski definition) is 0. The lowest BCUT2D eigenvalue weighted by Crippen LogP contribution is -2.44. The summed E-state index contributed by atoms with van der Waals surface area (Å²) in [6.07, 6.45) is 3.84. The Morgan fingerprint density at radius 3 is 2.42 bits per heavy atom. The van der Waals surface area contributed by atoms with Gasteiger partial charge in [0.25, 0.3) is 0 Å². The predicted octanol–water partition coefficient (Wildman–Crippen LogP) is 3.95. The van der Waals surface area contributed by atoms with Crippen LogP contribution in [-0.4, -0.2) is 52.9 Å². The van der Waals surface area contributed by atoms with Crippen molar-refractivity contribution in [3.63, 3.8) is 0 Å². The van der Waals surface area contributed by atoms with Gasteiger partial charge in [-0.1, -0.05) is 26.0 Å². The van der Waals surface area contributed by atoms with E-state index in [1.54, 1.807) is 43.6 Å². The maximum atomic E-state index is 13.3. The zero-order valence-electron chi connectivity index (χ0n) is 20.0. The summed E-state index contributed by atoms with van der Waals surface area (Å²) in [5.41, 5.74) is 2.73. The standard InChI is InChI=1S/C24H32N4O4S/c1-7-32-24(29)23(14-16(2)3)27(6)33(30,31)20-10-8-19(9-11-20)17(4)28-18(5)26-21-15-25-13-12-22(21)28/h8-13,15-17,23H,7,14H2,1-6H3/t17?,23-/m0/s1. The molecular weight excluding hydrogens is 440 g/mol. The fourth-order valence-electron chi connectivity index (χ4n) is 4.04. The predicted molar refractivity (Wildman–Crippen MR) is 127 cm³/mol. The first-order valence-corrected chi connectivity index (χ1v) is 12.5. The van der Waals surface area contributed by atoms with Gasteiger partial charge in [-0.15, -0.1) is 0 Å². The Bertz CT molecular complexity index is 1220. The third-order valence-electron chi connectivity index (χ3n) is 5.79. The summed E-state index contributed by atoms with van der Waals surface area (Å²) < 4.78 is 35.0. The van der Waals surface area contributed by atoms with Crippen LogP contribution in [0, 0.1) is 12.8 Å². The van der Waals surface area contributed by atoms with Gasteiger partial charge in [0.2, 0.25) is 10.0 Å². The second kappa shape index (κ2) is 10.0. The summed E-state index contributed by atoms with van der Waals surface area (Å²) in [5, 5.41) is 0. The maximum absolute atomic E-state index is 13.3. The fraction of sp³-hybridized carbons (Fsp3) is 0.458. The van der Waals surface area contributed by atoms with Crippen molar-refractivity contribution in [2.24, 2.45) is 5.92 Å². The minimum absolute atomic E-state index is 0.0555. The molecule has 0 radical (unpaired) electrons. The average Bonchev–Trinajstić information content (AvgIpc) is 3.12. The Balaban J connectivity index is 1.90. The number of pyridine rings is 1.